The van der Waals surface area contributed by atoms with Gasteiger partial charge >= 0.3 is 5.97 Å². The smallest absolute Gasteiger partial charge is 0.320 e. The number of amides is 1. The highest BCUT2D eigenvalue weighted by atomic mass is 16.4. The lowest BCUT2D eigenvalue weighted by Gasteiger charge is -2.28. The predicted molar refractivity (Wildman–Crippen MR) is 93.3 cm³/mol. The Labute approximate surface area is 142 Å². The van der Waals surface area contributed by atoms with Gasteiger partial charge in [0.05, 0.1) is 0 Å². The largest absolute Gasteiger partial charge is 0.480 e. The molecule has 130 valence electrons. The fourth-order valence-electron chi connectivity index (χ4n) is 3.53. The molecule has 2 aliphatic rings. The number of benzene rings is 1. The van der Waals surface area contributed by atoms with Gasteiger partial charge in [0, 0.05) is 30.9 Å². The van der Waals surface area contributed by atoms with Crippen LogP contribution in [0.2, 0.25) is 0 Å². The molecule has 0 bridgehead atoms. The monoisotopic (exact) mass is 331 g/mol. The van der Waals surface area contributed by atoms with Crippen LogP contribution in [0.15, 0.2) is 24.3 Å². The zero-order valence-corrected chi connectivity index (χ0v) is 13.8. The van der Waals surface area contributed by atoms with E-state index >= 15 is 0 Å². The zero-order chi connectivity index (χ0) is 16.9. The van der Waals surface area contributed by atoms with Gasteiger partial charge in [-0.1, -0.05) is 0 Å². The number of rotatable bonds is 5. The number of aliphatic carboxylic acids is 1. The Morgan fingerprint density at radius 2 is 1.88 bits per heavy atom. The molecule has 2 atom stereocenters. The van der Waals surface area contributed by atoms with E-state index in [2.05, 4.69) is 27.7 Å². The molecule has 0 aliphatic carbocycles. The first-order valence-electron chi connectivity index (χ1n) is 8.73. The number of nitrogens with zero attached hydrogens (tertiary/aromatic N) is 1. The molecule has 2 unspecified atom stereocenters. The third kappa shape index (κ3) is 4.26. The number of hydrogen-bond acceptors (Lipinski definition) is 4. The van der Waals surface area contributed by atoms with Gasteiger partial charge in [-0.2, -0.15) is 0 Å². The molecule has 2 heterocycles. The van der Waals surface area contributed by atoms with E-state index in [0.29, 0.717) is 19.4 Å². The summed E-state index contributed by atoms with van der Waals surface area (Å²) in [4.78, 5) is 25.4. The minimum atomic E-state index is -0.841. The Hall–Kier alpha value is -2.08. The minimum absolute atomic E-state index is 0.0569. The maximum Gasteiger partial charge on any atom is 0.320 e. The van der Waals surface area contributed by atoms with Gasteiger partial charge in [-0.15, -0.1) is 0 Å². The second kappa shape index (κ2) is 7.66. The van der Waals surface area contributed by atoms with Crippen molar-refractivity contribution in [3.05, 3.63) is 24.3 Å². The Morgan fingerprint density at radius 1 is 1.17 bits per heavy atom. The van der Waals surface area contributed by atoms with Gasteiger partial charge in [-0.3, -0.25) is 9.59 Å². The Balaban J connectivity index is 1.48. The van der Waals surface area contributed by atoms with E-state index < -0.39 is 12.0 Å². The summed E-state index contributed by atoms with van der Waals surface area (Å²) >= 11 is 0. The molecule has 1 aromatic rings. The molecular weight excluding hydrogens is 306 g/mol. The second-order valence-corrected chi connectivity index (χ2v) is 6.75. The van der Waals surface area contributed by atoms with E-state index in [9.17, 15) is 9.59 Å². The molecule has 3 rings (SSSR count). The SMILES string of the molecule is O=C(CC1CNC(C(=O)O)C1)Nc1ccc(N2CCCCC2)cc1. The van der Waals surface area contributed by atoms with Crippen molar-refractivity contribution in [2.24, 2.45) is 5.92 Å². The molecule has 1 amide bonds. The van der Waals surface area contributed by atoms with Crippen LogP contribution in [0.25, 0.3) is 0 Å². The number of anilines is 2. The molecule has 0 saturated carbocycles. The molecule has 2 fully saturated rings. The summed E-state index contributed by atoms with van der Waals surface area (Å²) in [6.07, 6.45) is 4.65. The van der Waals surface area contributed by atoms with Gasteiger partial charge in [-0.25, -0.2) is 0 Å². The van der Waals surface area contributed by atoms with Crippen LogP contribution in [0, 0.1) is 5.92 Å². The Bertz CT molecular complexity index is 582. The van der Waals surface area contributed by atoms with E-state index in [-0.39, 0.29) is 11.8 Å². The lowest BCUT2D eigenvalue weighted by atomic mass is 10.0. The average Bonchev–Trinajstić information content (AvgIpc) is 3.05. The van der Waals surface area contributed by atoms with Gasteiger partial charge < -0.3 is 20.6 Å². The van der Waals surface area contributed by atoms with E-state index in [1.165, 1.54) is 24.9 Å². The molecule has 2 aliphatic heterocycles. The Morgan fingerprint density at radius 3 is 2.50 bits per heavy atom. The van der Waals surface area contributed by atoms with Crippen molar-refractivity contribution in [3.63, 3.8) is 0 Å². The highest BCUT2D eigenvalue weighted by Crippen LogP contribution is 2.23. The summed E-state index contributed by atoms with van der Waals surface area (Å²) < 4.78 is 0. The maximum atomic E-state index is 12.1. The van der Waals surface area contributed by atoms with Crippen molar-refractivity contribution in [2.45, 2.75) is 38.1 Å². The van der Waals surface area contributed by atoms with Crippen LogP contribution in [0.5, 0.6) is 0 Å². The van der Waals surface area contributed by atoms with E-state index in [1.54, 1.807) is 0 Å². The Kier molecular flexibility index (Phi) is 5.35. The third-order valence-corrected chi connectivity index (χ3v) is 4.87. The van der Waals surface area contributed by atoms with Crippen LogP contribution >= 0.6 is 0 Å². The van der Waals surface area contributed by atoms with Crippen LogP contribution < -0.4 is 15.5 Å². The van der Waals surface area contributed by atoms with Crippen LogP contribution in [0.1, 0.15) is 32.1 Å². The number of carboxylic acid groups (broad SMARTS) is 1. The average molecular weight is 331 g/mol. The molecule has 3 N–H and O–H groups in total. The fraction of sp³-hybridized carbons (Fsp3) is 0.556. The van der Waals surface area contributed by atoms with E-state index in [4.69, 9.17) is 5.11 Å². The molecule has 6 heteroatoms. The summed E-state index contributed by atoms with van der Waals surface area (Å²) in [7, 11) is 0. The van der Waals surface area contributed by atoms with Crippen molar-refractivity contribution in [2.75, 3.05) is 29.9 Å². The molecule has 2 saturated heterocycles. The normalized spacial score (nSPS) is 23.9. The van der Waals surface area contributed by atoms with Gasteiger partial charge in [0.25, 0.3) is 0 Å². The highest BCUT2D eigenvalue weighted by Gasteiger charge is 2.30. The van der Waals surface area contributed by atoms with Gasteiger partial charge in [0.1, 0.15) is 6.04 Å². The lowest BCUT2D eigenvalue weighted by Crippen LogP contribution is -2.29. The number of hydrogen-bond donors (Lipinski definition) is 3. The molecule has 1 aromatic carbocycles. The first kappa shape index (κ1) is 16.8. The topological polar surface area (TPSA) is 81.7 Å². The first-order valence-corrected chi connectivity index (χ1v) is 8.73. The fourth-order valence-corrected chi connectivity index (χ4v) is 3.53. The van der Waals surface area contributed by atoms with Crippen molar-refractivity contribution in [1.29, 1.82) is 0 Å². The van der Waals surface area contributed by atoms with Gasteiger partial charge in [0.2, 0.25) is 5.91 Å². The van der Waals surface area contributed by atoms with Crippen LogP contribution in [0.4, 0.5) is 11.4 Å². The molecule has 0 radical (unpaired) electrons. The van der Waals surface area contributed by atoms with E-state index in [1.807, 2.05) is 12.1 Å². The summed E-state index contributed by atoms with van der Waals surface area (Å²) in [5.74, 6) is -0.816. The quantitative estimate of drug-likeness (QED) is 0.769. The molecule has 6 nitrogen and oxygen atoms in total. The zero-order valence-electron chi connectivity index (χ0n) is 13.8. The molecule has 0 spiro atoms. The van der Waals surface area contributed by atoms with Crippen molar-refractivity contribution in [1.82, 2.24) is 5.32 Å². The molecular formula is C18H25N3O3. The van der Waals surface area contributed by atoms with Crippen LogP contribution in [-0.2, 0) is 9.59 Å². The number of nitrogens with one attached hydrogen (secondary N) is 2. The van der Waals surface area contributed by atoms with Crippen molar-refractivity contribution >= 4 is 23.3 Å². The summed E-state index contributed by atoms with van der Waals surface area (Å²) in [6, 6.07) is 7.47. The summed E-state index contributed by atoms with van der Waals surface area (Å²) in [6.45, 7) is 2.79. The predicted octanol–water partition coefficient (Wildman–Crippen LogP) is 2.07. The number of carbonyl (C=O) groups is 2. The molecule has 0 aromatic heterocycles. The van der Waals surface area contributed by atoms with Gasteiger partial charge in [0.15, 0.2) is 0 Å². The maximum absolute atomic E-state index is 12.1. The third-order valence-electron chi connectivity index (χ3n) is 4.87. The lowest BCUT2D eigenvalue weighted by molar-refractivity contribution is -0.139. The summed E-state index contributed by atoms with van der Waals surface area (Å²) in [5, 5.41) is 14.8. The van der Waals surface area contributed by atoms with E-state index in [0.717, 1.165) is 18.8 Å². The van der Waals surface area contributed by atoms with Crippen LogP contribution in [-0.4, -0.2) is 42.7 Å². The highest BCUT2D eigenvalue weighted by molar-refractivity contribution is 5.91. The summed E-state index contributed by atoms with van der Waals surface area (Å²) in [5.41, 5.74) is 2.00. The minimum Gasteiger partial charge on any atom is -0.480 e. The molecule has 24 heavy (non-hydrogen) atoms. The van der Waals surface area contributed by atoms with Gasteiger partial charge in [-0.05, 0) is 62.4 Å². The number of carboxylic acids is 1. The first-order chi connectivity index (χ1) is 11.6. The number of carbonyl (C=O) groups excluding carboxylic acids is 1. The van der Waals surface area contributed by atoms with Crippen molar-refractivity contribution in [3.8, 4) is 0 Å². The van der Waals surface area contributed by atoms with Crippen LogP contribution in [0.3, 0.4) is 0 Å². The number of piperidine rings is 1. The second-order valence-electron chi connectivity index (χ2n) is 6.75. The van der Waals surface area contributed by atoms with Crippen molar-refractivity contribution < 1.29 is 14.7 Å². The standard InChI is InChI=1S/C18H25N3O3/c22-17(11-13-10-16(18(23)24)19-12-13)20-14-4-6-15(7-5-14)21-8-2-1-3-9-21/h4-7,13,16,19H,1-3,8-12H2,(H,20,22)(H,23,24).